The molecule has 0 spiro atoms. The Hall–Kier alpha value is -2.14. The Labute approximate surface area is 118 Å². The summed E-state index contributed by atoms with van der Waals surface area (Å²) in [6.45, 7) is 2.55. The summed E-state index contributed by atoms with van der Waals surface area (Å²) in [7, 11) is 1.90. The van der Waals surface area contributed by atoms with Gasteiger partial charge in [-0.05, 0) is 11.6 Å². The van der Waals surface area contributed by atoms with E-state index in [1.54, 1.807) is 4.68 Å². The number of carbonyl (C=O) groups is 1. The van der Waals surface area contributed by atoms with Crippen molar-refractivity contribution in [1.29, 1.82) is 0 Å². The van der Waals surface area contributed by atoms with Crippen molar-refractivity contribution in [2.24, 2.45) is 7.05 Å². The van der Waals surface area contributed by atoms with Crippen molar-refractivity contribution >= 4 is 5.91 Å². The summed E-state index contributed by atoms with van der Waals surface area (Å²) in [5.41, 5.74) is 2.17. The summed E-state index contributed by atoms with van der Waals surface area (Å²) in [5.74, 6) is 0.185. The lowest BCUT2D eigenvalue weighted by Crippen LogP contribution is -2.26. The van der Waals surface area contributed by atoms with Gasteiger partial charge in [-0.2, -0.15) is 5.10 Å². The molecule has 0 saturated carbocycles. The fraction of sp³-hybridized carbons (Fsp3) is 0.333. The van der Waals surface area contributed by atoms with Gasteiger partial charge in [0, 0.05) is 26.3 Å². The quantitative estimate of drug-likeness (QED) is 0.839. The van der Waals surface area contributed by atoms with E-state index in [1.165, 1.54) is 5.56 Å². The third-order valence-electron chi connectivity index (χ3n) is 3.45. The lowest BCUT2D eigenvalue weighted by molar-refractivity contribution is -0.127. The standard InChI is InChI=1S/C15H18N4O/c1-17-8-7-14(16-17)10-18-11-15(20)19(12-18)9-13-5-3-2-4-6-13/h2-8H,9-12H2,1H3. The number of carbonyl (C=O) groups excluding carboxylic acids is 1. The van der Waals surface area contributed by atoms with Gasteiger partial charge < -0.3 is 4.90 Å². The normalized spacial score (nSPS) is 16.1. The molecule has 0 aliphatic carbocycles. The van der Waals surface area contributed by atoms with Gasteiger partial charge >= 0.3 is 0 Å². The molecule has 1 fully saturated rings. The summed E-state index contributed by atoms with van der Waals surface area (Å²) < 4.78 is 1.79. The minimum absolute atomic E-state index is 0.185. The third kappa shape index (κ3) is 2.88. The van der Waals surface area contributed by atoms with E-state index in [2.05, 4.69) is 22.1 Å². The smallest absolute Gasteiger partial charge is 0.238 e. The topological polar surface area (TPSA) is 41.4 Å². The zero-order chi connectivity index (χ0) is 13.9. The Morgan fingerprint density at radius 1 is 1.15 bits per heavy atom. The van der Waals surface area contributed by atoms with E-state index in [0.29, 0.717) is 19.8 Å². The van der Waals surface area contributed by atoms with Crippen molar-refractivity contribution in [1.82, 2.24) is 19.6 Å². The molecule has 3 rings (SSSR count). The van der Waals surface area contributed by atoms with Crippen LogP contribution in [0.5, 0.6) is 0 Å². The average molecular weight is 270 g/mol. The highest BCUT2D eigenvalue weighted by atomic mass is 16.2. The van der Waals surface area contributed by atoms with E-state index in [0.717, 1.165) is 12.2 Å². The Balaban J connectivity index is 1.60. The van der Waals surface area contributed by atoms with Crippen LogP contribution in [0.15, 0.2) is 42.6 Å². The van der Waals surface area contributed by atoms with Crippen molar-refractivity contribution in [2.45, 2.75) is 13.1 Å². The van der Waals surface area contributed by atoms with Crippen LogP contribution in [-0.4, -0.2) is 38.7 Å². The first-order chi connectivity index (χ1) is 9.70. The van der Waals surface area contributed by atoms with Crippen molar-refractivity contribution in [2.75, 3.05) is 13.2 Å². The Kier molecular flexibility index (Phi) is 3.52. The van der Waals surface area contributed by atoms with Crippen LogP contribution in [-0.2, 0) is 24.9 Å². The maximum absolute atomic E-state index is 12.0. The second kappa shape index (κ2) is 5.46. The van der Waals surface area contributed by atoms with E-state index in [-0.39, 0.29) is 5.91 Å². The Morgan fingerprint density at radius 2 is 1.95 bits per heavy atom. The predicted molar refractivity (Wildman–Crippen MR) is 75.5 cm³/mol. The van der Waals surface area contributed by atoms with Crippen LogP contribution in [0.2, 0.25) is 0 Å². The molecule has 20 heavy (non-hydrogen) atoms. The zero-order valence-corrected chi connectivity index (χ0v) is 11.6. The number of amides is 1. The second-order valence-electron chi connectivity index (χ2n) is 5.19. The predicted octanol–water partition coefficient (Wildman–Crippen LogP) is 1.22. The lowest BCUT2D eigenvalue weighted by atomic mass is 10.2. The first-order valence-electron chi connectivity index (χ1n) is 6.73. The fourth-order valence-electron chi connectivity index (χ4n) is 2.49. The summed E-state index contributed by atoms with van der Waals surface area (Å²) in [6, 6.07) is 12.1. The molecule has 0 bridgehead atoms. The zero-order valence-electron chi connectivity index (χ0n) is 11.6. The summed E-state index contributed by atoms with van der Waals surface area (Å²) in [6.07, 6.45) is 1.93. The van der Waals surface area contributed by atoms with Crippen molar-refractivity contribution in [3.8, 4) is 0 Å². The van der Waals surface area contributed by atoms with E-state index >= 15 is 0 Å². The average Bonchev–Trinajstić information content (AvgIpc) is 2.98. The summed E-state index contributed by atoms with van der Waals surface area (Å²) in [4.78, 5) is 16.0. The number of hydrogen-bond donors (Lipinski definition) is 0. The van der Waals surface area contributed by atoms with Crippen molar-refractivity contribution in [3.63, 3.8) is 0 Å². The van der Waals surface area contributed by atoms with Crippen LogP contribution in [0.4, 0.5) is 0 Å². The van der Waals surface area contributed by atoms with Gasteiger partial charge in [0.05, 0.1) is 18.9 Å². The van der Waals surface area contributed by atoms with Gasteiger partial charge in [0.1, 0.15) is 0 Å². The van der Waals surface area contributed by atoms with Crippen molar-refractivity contribution in [3.05, 3.63) is 53.9 Å². The molecular weight excluding hydrogens is 252 g/mol. The van der Waals surface area contributed by atoms with Crippen LogP contribution in [0.1, 0.15) is 11.3 Å². The maximum Gasteiger partial charge on any atom is 0.238 e. The SMILES string of the molecule is Cn1ccc(CN2CC(=O)N(Cc3ccccc3)C2)n1. The first-order valence-corrected chi connectivity index (χ1v) is 6.73. The maximum atomic E-state index is 12.0. The monoisotopic (exact) mass is 270 g/mol. The fourth-order valence-corrected chi connectivity index (χ4v) is 2.49. The van der Waals surface area contributed by atoms with Gasteiger partial charge in [0.2, 0.25) is 5.91 Å². The van der Waals surface area contributed by atoms with E-state index in [4.69, 9.17) is 0 Å². The number of aryl methyl sites for hydroxylation is 1. The number of hydrogen-bond acceptors (Lipinski definition) is 3. The lowest BCUT2D eigenvalue weighted by Gasteiger charge is -2.17. The molecule has 0 atom stereocenters. The molecule has 1 aliphatic heterocycles. The van der Waals surface area contributed by atoms with Crippen LogP contribution < -0.4 is 0 Å². The van der Waals surface area contributed by atoms with Gasteiger partial charge in [-0.15, -0.1) is 0 Å². The molecule has 1 saturated heterocycles. The van der Waals surface area contributed by atoms with E-state index in [1.807, 2.05) is 42.4 Å². The van der Waals surface area contributed by atoms with E-state index in [9.17, 15) is 4.79 Å². The number of aromatic nitrogens is 2. The third-order valence-corrected chi connectivity index (χ3v) is 3.45. The van der Waals surface area contributed by atoms with Gasteiger partial charge in [-0.1, -0.05) is 30.3 Å². The second-order valence-corrected chi connectivity index (χ2v) is 5.19. The van der Waals surface area contributed by atoms with E-state index < -0.39 is 0 Å². The first kappa shape index (κ1) is 12.9. The molecular formula is C15H18N4O. The molecule has 1 aromatic carbocycles. The highest BCUT2D eigenvalue weighted by Crippen LogP contribution is 2.14. The van der Waals surface area contributed by atoms with Crippen molar-refractivity contribution < 1.29 is 4.79 Å². The van der Waals surface area contributed by atoms with Crippen LogP contribution in [0, 0.1) is 0 Å². The van der Waals surface area contributed by atoms with Gasteiger partial charge in [-0.3, -0.25) is 14.4 Å². The number of nitrogens with zero attached hydrogens (tertiary/aromatic N) is 4. The van der Waals surface area contributed by atoms with Gasteiger partial charge in [0.25, 0.3) is 0 Å². The summed E-state index contributed by atoms with van der Waals surface area (Å²) >= 11 is 0. The molecule has 0 unspecified atom stereocenters. The minimum Gasteiger partial charge on any atom is -0.324 e. The van der Waals surface area contributed by atoms with Crippen LogP contribution in [0.3, 0.4) is 0 Å². The molecule has 1 amide bonds. The van der Waals surface area contributed by atoms with Gasteiger partial charge in [0.15, 0.2) is 0 Å². The Morgan fingerprint density at radius 3 is 2.65 bits per heavy atom. The molecule has 2 heterocycles. The highest BCUT2D eigenvalue weighted by molar-refractivity contribution is 5.80. The molecule has 1 aliphatic rings. The van der Waals surface area contributed by atoms with Crippen LogP contribution in [0.25, 0.3) is 0 Å². The molecule has 0 radical (unpaired) electrons. The minimum atomic E-state index is 0.185. The molecule has 5 heteroatoms. The number of rotatable bonds is 4. The molecule has 0 N–H and O–H groups in total. The largest absolute Gasteiger partial charge is 0.324 e. The highest BCUT2D eigenvalue weighted by Gasteiger charge is 2.27. The van der Waals surface area contributed by atoms with Crippen LogP contribution >= 0.6 is 0 Å². The van der Waals surface area contributed by atoms with Gasteiger partial charge in [-0.25, -0.2) is 0 Å². The molecule has 5 nitrogen and oxygen atoms in total. The summed E-state index contributed by atoms with van der Waals surface area (Å²) in [5, 5.41) is 4.35. The number of benzene rings is 1. The Bertz CT molecular complexity index is 593. The molecule has 104 valence electrons. The molecule has 1 aromatic heterocycles. The molecule has 2 aromatic rings.